The van der Waals surface area contributed by atoms with Crippen LogP contribution in [0.5, 0.6) is 0 Å². The van der Waals surface area contributed by atoms with Crippen molar-refractivity contribution in [3.8, 4) is 5.40 Å². The van der Waals surface area contributed by atoms with Gasteiger partial charge in [-0.05, 0) is 13.0 Å². The number of halogens is 1. The average Bonchev–Trinajstić information content (AvgIpc) is 2.48. The van der Waals surface area contributed by atoms with Crippen LogP contribution < -0.4 is 0 Å². The van der Waals surface area contributed by atoms with E-state index in [2.05, 4.69) is 5.10 Å². The van der Waals surface area contributed by atoms with Crippen molar-refractivity contribution in [1.29, 1.82) is 5.26 Å². The number of thiocyanates is 1. The average molecular weight is 213 g/mol. The van der Waals surface area contributed by atoms with Crippen LogP contribution in [0.15, 0.2) is 6.07 Å². The van der Waals surface area contributed by atoms with Gasteiger partial charge in [-0.1, -0.05) is 0 Å². The highest BCUT2D eigenvalue weighted by Crippen LogP contribution is 2.12. The van der Waals surface area contributed by atoms with Crippen molar-refractivity contribution in [1.82, 2.24) is 9.78 Å². The van der Waals surface area contributed by atoms with Crippen molar-refractivity contribution in [3.05, 3.63) is 17.5 Å². The van der Waals surface area contributed by atoms with Gasteiger partial charge in [0.1, 0.15) is 17.8 Å². The first-order valence-corrected chi connectivity index (χ1v) is 4.71. The highest BCUT2D eigenvalue weighted by Gasteiger charge is 2.14. The van der Waals surface area contributed by atoms with Crippen LogP contribution in [0.25, 0.3) is 0 Å². The Morgan fingerprint density at radius 2 is 2.57 bits per heavy atom. The van der Waals surface area contributed by atoms with E-state index in [4.69, 9.17) is 5.26 Å². The minimum atomic E-state index is -0.585. The van der Waals surface area contributed by atoms with Crippen molar-refractivity contribution in [3.63, 3.8) is 0 Å². The molecule has 4 nitrogen and oxygen atoms in total. The molecule has 0 spiro atoms. The third-order valence-electron chi connectivity index (χ3n) is 1.55. The molecular weight excluding hydrogens is 205 g/mol. The fourth-order valence-corrected chi connectivity index (χ4v) is 1.41. The minimum absolute atomic E-state index is 0.0426. The summed E-state index contributed by atoms with van der Waals surface area (Å²) < 4.78 is 13.4. The van der Waals surface area contributed by atoms with E-state index in [0.717, 1.165) is 0 Å². The van der Waals surface area contributed by atoms with E-state index in [9.17, 15) is 9.18 Å². The molecule has 0 saturated heterocycles. The highest BCUT2D eigenvalue weighted by molar-refractivity contribution is 8.18. The molecule has 14 heavy (non-hydrogen) atoms. The van der Waals surface area contributed by atoms with Gasteiger partial charge >= 0.3 is 0 Å². The zero-order valence-corrected chi connectivity index (χ0v) is 8.34. The number of thioether (sulfide) groups is 1. The summed E-state index contributed by atoms with van der Waals surface area (Å²) in [6.45, 7) is 1.17. The second kappa shape index (κ2) is 4.77. The van der Waals surface area contributed by atoms with Crippen LogP contribution >= 0.6 is 11.8 Å². The fraction of sp³-hybridized carbons (Fsp3) is 0.375. The Morgan fingerprint density at radius 3 is 3.14 bits per heavy atom. The number of hydrogen-bond acceptors (Lipinski definition) is 4. The van der Waals surface area contributed by atoms with Gasteiger partial charge in [-0.3, -0.25) is 9.48 Å². The van der Waals surface area contributed by atoms with Crippen LogP contribution in [0.4, 0.5) is 4.39 Å². The smallest absolute Gasteiger partial charge is 0.251 e. The van der Waals surface area contributed by atoms with Crippen LogP contribution in [-0.4, -0.2) is 21.6 Å². The lowest BCUT2D eigenvalue weighted by molar-refractivity contribution is 0.108. The van der Waals surface area contributed by atoms with Crippen LogP contribution in [0, 0.1) is 17.6 Å². The largest absolute Gasteiger partial charge is 0.279 e. The molecule has 0 unspecified atom stereocenters. The monoisotopic (exact) mass is 213 g/mol. The van der Waals surface area contributed by atoms with Gasteiger partial charge in [0.05, 0.1) is 12.2 Å². The molecule has 1 rings (SSSR count). The highest BCUT2D eigenvalue weighted by atomic mass is 32.2. The minimum Gasteiger partial charge on any atom is -0.279 e. The number of rotatable bonds is 3. The number of hydrogen-bond donors (Lipinski definition) is 0. The van der Waals surface area contributed by atoms with Crippen LogP contribution in [0.3, 0.4) is 0 Å². The maximum absolute atomic E-state index is 12.1. The Balaban J connectivity index is 2.95. The molecule has 0 radical (unpaired) electrons. The number of alkyl halides is 1. The first kappa shape index (κ1) is 10.7. The molecule has 0 aliphatic carbocycles. The summed E-state index contributed by atoms with van der Waals surface area (Å²) in [5, 5.41) is 13.5. The predicted octanol–water partition coefficient (Wildman–Crippen LogP) is 1.52. The van der Waals surface area contributed by atoms with Gasteiger partial charge < -0.3 is 0 Å². The second-order valence-corrected chi connectivity index (χ2v) is 3.32. The van der Waals surface area contributed by atoms with Gasteiger partial charge in [0.25, 0.3) is 5.12 Å². The lowest BCUT2D eigenvalue weighted by Crippen LogP contribution is -2.09. The predicted molar refractivity (Wildman–Crippen MR) is 50.5 cm³/mol. The number of aromatic nitrogens is 2. The fourth-order valence-electron chi connectivity index (χ4n) is 1.05. The zero-order chi connectivity index (χ0) is 10.6. The Labute approximate surface area is 84.7 Å². The molecule has 0 saturated carbocycles. The van der Waals surface area contributed by atoms with Gasteiger partial charge in [0.2, 0.25) is 0 Å². The van der Waals surface area contributed by atoms with Crippen molar-refractivity contribution in [2.75, 3.05) is 6.67 Å². The summed E-state index contributed by atoms with van der Waals surface area (Å²) in [5.41, 5.74) is 0.909. The van der Waals surface area contributed by atoms with Gasteiger partial charge in [0.15, 0.2) is 0 Å². The Hall–Kier alpha value is -1.35. The van der Waals surface area contributed by atoms with Crippen molar-refractivity contribution in [2.24, 2.45) is 0 Å². The van der Waals surface area contributed by atoms with E-state index in [1.165, 1.54) is 4.68 Å². The third kappa shape index (κ3) is 2.33. The normalized spacial score (nSPS) is 9.79. The summed E-state index contributed by atoms with van der Waals surface area (Å²) in [4.78, 5) is 11.3. The number of carbonyl (C=O) groups excluding carboxylic acids is 1. The molecule has 1 heterocycles. The van der Waals surface area contributed by atoms with Crippen LogP contribution in [-0.2, 0) is 6.54 Å². The maximum Gasteiger partial charge on any atom is 0.251 e. The summed E-state index contributed by atoms with van der Waals surface area (Å²) in [6.07, 6.45) is 0. The lowest BCUT2D eigenvalue weighted by Gasteiger charge is -2.00. The van der Waals surface area contributed by atoms with Crippen molar-refractivity contribution < 1.29 is 9.18 Å². The first-order valence-electron chi connectivity index (χ1n) is 3.89. The molecule has 0 bridgehead atoms. The molecule has 1 aromatic rings. The SMILES string of the molecule is Cc1cc(C(=O)SC#N)n(CCF)n1. The van der Waals surface area contributed by atoms with E-state index < -0.39 is 11.8 Å². The number of carbonyl (C=O) groups is 1. The summed E-state index contributed by atoms with van der Waals surface area (Å²) >= 11 is 0.521. The standard InChI is InChI=1S/C8H8FN3OS/c1-6-4-7(8(13)14-5-10)12(11-6)3-2-9/h4H,2-3H2,1H3. The summed E-state index contributed by atoms with van der Waals surface area (Å²) in [5.74, 6) is 0. The molecule has 0 atom stereocenters. The van der Waals surface area contributed by atoms with E-state index in [-0.39, 0.29) is 12.2 Å². The van der Waals surface area contributed by atoms with E-state index in [1.54, 1.807) is 18.4 Å². The Morgan fingerprint density at radius 1 is 1.86 bits per heavy atom. The lowest BCUT2D eigenvalue weighted by atomic mass is 10.4. The quantitative estimate of drug-likeness (QED) is 0.714. The Bertz CT molecular complexity index is 382. The number of nitriles is 1. The van der Waals surface area contributed by atoms with Crippen LogP contribution in [0.1, 0.15) is 16.2 Å². The molecule has 0 amide bonds. The molecule has 1 aromatic heterocycles. The Kier molecular flexibility index (Phi) is 3.65. The molecule has 74 valence electrons. The molecule has 0 N–H and O–H groups in total. The zero-order valence-electron chi connectivity index (χ0n) is 7.53. The van der Waals surface area contributed by atoms with Gasteiger partial charge in [-0.25, -0.2) is 4.39 Å². The van der Waals surface area contributed by atoms with Crippen LogP contribution in [0.2, 0.25) is 0 Å². The topological polar surface area (TPSA) is 58.7 Å². The molecule has 0 aromatic carbocycles. The molecule has 0 aliphatic heterocycles. The number of nitrogens with zero attached hydrogens (tertiary/aromatic N) is 3. The van der Waals surface area contributed by atoms with E-state index in [0.29, 0.717) is 17.5 Å². The molecular formula is C8H8FN3OS. The molecule has 0 fully saturated rings. The van der Waals surface area contributed by atoms with Gasteiger partial charge in [-0.2, -0.15) is 10.4 Å². The number of aryl methyl sites for hydroxylation is 2. The second-order valence-electron chi connectivity index (χ2n) is 2.56. The van der Waals surface area contributed by atoms with E-state index >= 15 is 0 Å². The van der Waals surface area contributed by atoms with Crippen molar-refractivity contribution in [2.45, 2.75) is 13.5 Å². The summed E-state index contributed by atoms with van der Waals surface area (Å²) in [7, 11) is 0. The first-order chi connectivity index (χ1) is 6.69. The molecule has 0 aliphatic rings. The molecule has 6 heteroatoms. The summed E-state index contributed by atoms with van der Waals surface area (Å²) in [6, 6.07) is 1.54. The maximum atomic E-state index is 12.1. The van der Waals surface area contributed by atoms with Gasteiger partial charge in [-0.15, -0.1) is 0 Å². The van der Waals surface area contributed by atoms with Gasteiger partial charge in [0, 0.05) is 11.8 Å². The van der Waals surface area contributed by atoms with E-state index in [1.807, 2.05) is 0 Å². The van der Waals surface area contributed by atoms with Crippen molar-refractivity contribution >= 4 is 16.9 Å². The third-order valence-corrected chi connectivity index (χ3v) is 2.03.